The number of aryl methyl sites for hydroxylation is 1. The quantitative estimate of drug-likeness (QED) is 0.709. The predicted molar refractivity (Wildman–Crippen MR) is 104 cm³/mol. The van der Waals surface area contributed by atoms with E-state index in [-0.39, 0.29) is 16.6 Å². The van der Waals surface area contributed by atoms with Gasteiger partial charge in [0.25, 0.3) is 0 Å². The van der Waals surface area contributed by atoms with E-state index in [1.54, 1.807) is 0 Å². The zero-order chi connectivity index (χ0) is 19.5. The van der Waals surface area contributed by atoms with Crippen LogP contribution >= 0.6 is 0 Å². The van der Waals surface area contributed by atoms with Gasteiger partial charge in [-0.3, -0.25) is 5.10 Å². The van der Waals surface area contributed by atoms with Gasteiger partial charge in [0.1, 0.15) is 23.3 Å². The Bertz CT molecular complexity index is 769. The van der Waals surface area contributed by atoms with E-state index in [0.29, 0.717) is 12.0 Å². The van der Waals surface area contributed by atoms with Crippen LogP contribution in [0.1, 0.15) is 70.7 Å². The van der Waals surface area contributed by atoms with Crippen molar-refractivity contribution in [2.45, 2.75) is 65.2 Å². The number of aromatic nitrogens is 4. The molecule has 26 heavy (non-hydrogen) atoms. The summed E-state index contributed by atoms with van der Waals surface area (Å²) in [5.41, 5.74) is 7.74. The van der Waals surface area contributed by atoms with Crippen molar-refractivity contribution in [1.82, 2.24) is 20.2 Å². The second-order valence-electron chi connectivity index (χ2n) is 8.57. The summed E-state index contributed by atoms with van der Waals surface area (Å²) in [7, 11) is 0. The average Bonchev–Trinajstić information content (AvgIpc) is 2.89. The van der Waals surface area contributed by atoms with Gasteiger partial charge < -0.3 is 11.1 Å². The maximum absolute atomic E-state index is 9.11. The molecule has 2 aromatic rings. The number of rotatable bonds is 5. The first kappa shape index (κ1) is 19.7. The molecule has 0 fully saturated rings. The number of hydrogen-bond donors (Lipinski definition) is 3. The molecular weight excluding hydrogens is 326 g/mol. The summed E-state index contributed by atoms with van der Waals surface area (Å²) in [5, 5.41) is 19.2. The molecule has 0 unspecified atom stereocenters. The van der Waals surface area contributed by atoms with E-state index in [2.05, 4.69) is 68.1 Å². The Hall–Kier alpha value is -2.62. The molecule has 7 heteroatoms. The summed E-state index contributed by atoms with van der Waals surface area (Å²) in [6.45, 7) is 13.5. The number of aromatic amines is 1. The number of nitrogen functional groups attached to an aromatic ring is 1. The monoisotopic (exact) mass is 355 g/mol. The van der Waals surface area contributed by atoms with Crippen LogP contribution in [0.4, 0.5) is 11.6 Å². The van der Waals surface area contributed by atoms with Gasteiger partial charge in [-0.15, -0.1) is 0 Å². The third-order valence-corrected chi connectivity index (χ3v) is 4.06. The van der Waals surface area contributed by atoms with Crippen LogP contribution in [0.2, 0.25) is 0 Å². The first-order chi connectivity index (χ1) is 12.0. The molecule has 0 aliphatic heterocycles. The van der Waals surface area contributed by atoms with Crippen molar-refractivity contribution in [1.29, 1.82) is 5.26 Å². The molecule has 0 aromatic carbocycles. The minimum Gasteiger partial charge on any atom is -0.381 e. The van der Waals surface area contributed by atoms with Crippen molar-refractivity contribution in [3.05, 3.63) is 28.8 Å². The molecule has 4 N–H and O–H groups in total. The van der Waals surface area contributed by atoms with Crippen LogP contribution in [0.15, 0.2) is 6.07 Å². The van der Waals surface area contributed by atoms with Gasteiger partial charge in [-0.2, -0.15) is 10.4 Å². The highest BCUT2D eigenvalue weighted by Crippen LogP contribution is 2.26. The molecule has 140 valence electrons. The summed E-state index contributed by atoms with van der Waals surface area (Å²) >= 11 is 0. The number of nitrogens with one attached hydrogen (secondary N) is 2. The van der Waals surface area contributed by atoms with Gasteiger partial charge in [0.05, 0.1) is 11.4 Å². The molecule has 0 amide bonds. The SMILES string of the molecule is CC(C)(C)c1cc(NCCCc2[nH]nc(N)c2C#N)nc(C(C)(C)C)n1. The van der Waals surface area contributed by atoms with Crippen molar-refractivity contribution < 1.29 is 0 Å². The lowest BCUT2D eigenvalue weighted by Crippen LogP contribution is -2.22. The topological polar surface area (TPSA) is 116 Å². The smallest absolute Gasteiger partial charge is 0.163 e. The normalized spacial score (nSPS) is 12.0. The highest BCUT2D eigenvalue weighted by molar-refractivity contribution is 5.50. The van der Waals surface area contributed by atoms with Crippen LogP contribution < -0.4 is 11.1 Å². The summed E-state index contributed by atoms with van der Waals surface area (Å²) in [6, 6.07) is 4.11. The van der Waals surface area contributed by atoms with Crippen molar-refractivity contribution in [2.75, 3.05) is 17.6 Å². The largest absolute Gasteiger partial charge is 0.381 e. The Balaban J connectivity index is 2.08. The number of nitriles is 1. The van der Waals surface area contributed by atoms with Crippen LogP contribution in [0.25, 0.3) is 0 Å². The zero-order valence-electron chi connectivity index (χ0n) is 16.6. The molecule has 2 rings (SSSR count). The van der Waals surface area contributed by atoms with E-state index in [1.165, 1.54) is 0 Å². The van der Waals surface area contributed by atoms with Crippen LogP contribution in [0.5, 0.6) is 0 Å². The lowest BCUT2D eigenvalue weighted by atomic mass is 9.90. The number of hydrogen-bond acceptors (Lipinski definition) is 6. The molecular formula is C19H29N7. The van der Waals surface area contributed by atoms with E-state index < -0.39 is 0 Å². The van der Waals surface area contributed by atoms with Crippen molar-refractivity contribution >= 4 is 11.6 Å². The molecule has 0 radical (unpaired) electrons. The fourth-order valence-corrected chi connectivity index (χ4v) is 2.44. The second kappa shape index (κ2) is 7.32. The van der Waals surface area contributed by atoms with E-state index in [9.17, 15) is 0 Å². The molecule has 0 aliphatic rings. The molecule has 2 aromatic heterocycles. The van der Waals surface area contributed by atoms with Gasteiger partial charge in [-0.05, 0) is 12.8 Å². The van der Waals surface area contributed by atoms with E-state index in [1.807, 2.05) is 6.07 Å². The molecule has 0 saturated carbocycles. The predicted octanol–water partition coefficient (Wildman–Crippen LogP) is 3.29. The summed E-state index contributed by atoms with van der Waals surface area (Å²) in [5.74, 6) is 1.93. The van der Waals surface area contributed by atoms with Gasteiger partial charge in [0.15, 0.2) is 5.82 Å². The van der Waals surface area contributed by atoms with Crippen LogP contribution in [-0.4, -0.2) is 26.7 Å². The lowest BCUT2D eigenvalue weighted by molar-refractivity contribution is 0.514. The molecule has 0 spiro atoms. The highest BCUT2D eigenvalue weighted by atomic mass is 15.2. The van der Waals surface area contributed by atoms with Crippen LogP contribution in [0, 0.1) is 11.3 Å². The second-order valence-corrected chi connectivity index (χ2v) is 8.57. The Kier molecular flexibility index (Phi) is 5.55. The van der Waals surface area contributed by atoms with E-state index in [0.717, 1.165) is 36.0 Å². The fraction of sp³-hybridized carbons (Fsp3) is 0.579. The zero-order valence-corrected chi connectivity index (χ0v) is 16.6. The Morgan fingerprint density at radius 3 is 2.42 bits per heavy atom. The fourth-order valence-electron chi connectivity index (χ4n) is 2.44. The summed E-state index contributed by atoms with van der Waals surface area (Å²) < 4.78 is 0. The van der Waals surface area contributed by atoms with Gasteiger partial charge in [0, 0.05) is 23.4 Å². The molecule has 0 atom stereocenters. The van der Waals surface area contributed by atoms with Crippen LogP contribution in [0.3, 0.4) is 0 Å². The van der Waals surface area contributed by atoms with Gasteiger partial charge in [0.2, 0.25) is 0 Å². The van der Waals surface area contributed by atoms with Crippen LogP contribution in [-0.2, 0) is 17.3 Å². The molecule has 2 heterocycles. The first-order valence-electron chi connectivity index (χ1n) is 8.89. The number of H-pyrrole nitrogens is 1. The number of nitrogens with two attached hydrogens (primary N) is 1. The molecule has 0 aliphatic carbocycles. The summed E-state index contributed by atoms with van der Waals surface area (Å²) in [6.07, 6.45) is 1.53. The summed E-state index contributed by atoms with van der Waals surface area (Å²) in [4.78, 5) is 9.45. The Morgan fingerprint density at radius 1 is 1.15 bits per heavy atom. The minimum absolute atomic E-state index is 0.0471. The number of anilines is 2. The van der Waals surface area contributed by atoms with Gasteiger partial charge in [-0.25, -0.2) is 9.97 Å². The van der Waals surface area contributed by atoms with Gasteiger partial charge in [-0.1, -0.05) is 41.5 Å². The highest BCUT2D eigenvalue weighted by Gasteiger charge is 2.23. The first-order valence-corrected chi connectivity index (χ1v) is 8.89. The van der Waals surface area contributed by atoms with E-state index >= 15 is 0 Å². The molecule has 7 nitrogen and oxygen atoms in total. The van der Waals surface area contributed by atoms with Crippen molar-refractivity contribution in [3.8, 4) is 6.07 Å². The Morgan fingerprint density at radius 2 is 1.85 bits per heavy atom. The third kappa shape index (κ3) is 4.72. The maximum Gasteiger partial charge on any atom is 0.163 e. The standard InChI is InChI=1S/C19H29N7/c1-18(2,3)14-10-15(24-17(23-14)19(4,5)6)22-9-7-8-13-12(11-20)16(21)26-25-13/h10H,7-9H2,1-6H3,(H3,21,25,26)(H,22,23,24). The average molecular weight is 355 g/mol. The van der Waals surface area contributed by atoms with E-state index in [4.69, 9.17) is 16.0 Å². The molecule has 0 bridgehead atoms. The van der Waals surface area contributed by atoms with Gasteiger partial charge >= 0.3 is 0 Å². The number of nitrogens with zero attached hydrogens (tertiary/aromatic N) is 4. The third-order valence-electron chi connectivity index (χ3n) is 4.06. The van der Waals surface area contributed by atoms with Crippen molar-refractivity contribution in [3.63, 3.8) is 0 Å². The lowest BCUT2D eigenvalue weighted by Gasteiger charge is -2.24. The maximum atomic E-state index is 9.11. The molecule has 0 saturated heterocycles. The van der Waals surface area contributed by atoms with Crippen molar-refractivity contribution in [2.24, 2.45) is 0 Å². The minimum atomic E-state index is -0.118. The Labute approximate surface area is 155 Å².